The van der Waals surface area contributed by atoms with Gasteiger partial charge in [0.25, 0.3) is 0 Å². The van der Waals surface area contributed by atoms with Crippen LogP contribution < -0.4 is 5.32 Å². The number of hydrogen-bond donors (Lipinski definition) is 2. The number of aliphatic hydroxyl groups is 1. The molecule has 5 nitrogen and oxygen atoms in total. The molecule has 5 heteroatoms. The van der Waals surface area contributed by atoms with E-state index < -0.39 is 6.10 Å². The Morgan fingerprint density at radius 2 is 2.05 bits per heavy atom. The Labute approximate surface area is 130 Å². The van der Waals surface area contributed by atoms with Crippen LogP contribution in [0.4, 0.5) is 0 Å². The number of carbonyl (C=O) groups is 1. The second kappa shape index (κ2) is 7.75. The Morgan fingerprint density at radius 1 is 1.32 bits per heavy atom. The molecule has 22 heavy (non-hydrogen) atoms. The molecule has 0 spiro atoms. The van der Waals surface area contributed by atoms with Gasteiger partial charge in [-0.3, -0.25) is 4.79 Å². The van der Waals surface area contributed by atoms with Crippen molar-refractivity contribution in [1.29, 1.82) is 0 Å². The first-order valence-electron chi connectivity index (χ1n) is 7.51. The highest BCUT2D eigenvalue weighted by Gasteiger charge is 2.12. The molecule has 0 fully saturated rings. The Hall–Kier alpha value is -2.14. The lowest BCUT2D eigenvalue weighted by Gasteiger charge is -2.14. The van der Waals surface area contributed by atoms with Crippen molar-refractivity contribution in [2.45, 2.75) is 32.8 Å². The lowest BCUT2D eigenvalue weighted by atomic mass is 10.1. The van der Waals surface area contributed by atoms with Gasteiger partial charge in [0, 0.05) is 24.9 Å². The molecular weight excluding hydrogens is 280 g/mol. The lowest BCUT2D eigenvalue weighted by molar-refractivity contribution is -0.121. The molecule has 118 valence electrons. The second-order valence-electron chi connectivity index (χ2n) is 5.60. The summed E-state index contributed by atoms with van der Waals surface area (Å²) >= 11 is 0. The van der Waals surface area contributed by atoms with Gasteiger partial charge in [-0.1, -0.05) is 44.2 Å². The van der Waals surface area contributed by atoms with Crippen LogP contribution in [-0.4, -0.2) is 28.6 Å². The summed E-state index contributed by atoms with van der Waals surface area (Å²) in [5.41, 5.74) is 0.964. The number of benzene rings is 1. The lowest BCUT2D eigenvalue weighted by Crippen LogP contribution is -2.34. The van der Waals surface area contributed by atoms with Gasteiger partial charge in [-0.2, -0.15) is 0 Å². The molecule has 1 heterocycles. The largest absolute Gasteiger partial charge is 0.441 e. The van der Waals surface area contributed by atoms with E-state index in [4.69, 9.17) is 4.42 Å². The maximum atomic E-state index is 11.7. The molecule has 0 aliphatic heterocycles. The zero-order valence-electron chi connectivity index (χ0n) is 13.0. The first kappa shape index (κ1) is 16.2. The van der Waals surface area contributed by atoms with E-state index in [-0.39, 0.29) is 18.4 Å². The molecule has 0 aliphatic carbocycles. The van der Waals surface area contributed by atoms with Crippen LogP contribution in [0.5, 0.6) is 0 Å². The topological polar surface area (TPSA) is 75.4 Å². The van der Waals surface area contributed by atoms with Crippen LogP contribution in [0.25, 0.3) is 11.3 Å². The molecule has 2 rings (SSSR count). The van der Waals surface area contributed by atoms with Crippen molar-refractivity contribution in [3.8, 4) is 11.3 Å². The molecule has 0 bridgehead atoms. The van der Waals surface area contributed by atoms with Crippen LogP contribution >= 0.6 is 0 Å². The number of amides is 1. The van der Waals surface area contributed by atoms with Crippen LogP contribution in [0.3, 0.4) is 0 Å². The molecule has 0 radical (unpaired) electrons. The first-order chi connectivity index (χ1) is 10.6. The third kappa shape index (κ3) is 4.70. The van der Waals surface area contributed by atoms with E-state index in [1.807, 2.05) is 44.2 Å². The first-order valence-corrected chi connectivity index (χ1v) is 7.51. The summed E-state index contributed by atoms with van der Waals surface area (Å²) in [5, 5.41) is 12.4. The number of aryl methyl sites for hydroxylation is 1. The van der Waals surface area contributed by atoms with Crippen LogP contribution in [0, 0.1) is 5.92 Å². The summed E-state index contributed by atoms with van der Waals surface area (Å²) < 4.78 is 5.64. The number of carbonyl (C=O) groups excluding carboxylic acids is 1. The van der Waals surface area contributed by atoms with E-state index in [1.54, 1.807) is 6.20 Å². The number of hydrogen-bond acceptors (Lipinski definition) is 4. The van der Waals surface area contributed by atoms with Crippen LogP contribution in [0.1, 0.15) is 26.2 Å². The zero-order valence-corrected chi connectivity index (χ0v) is 13.0. The molecule has 2 aromatic rings. The summed E-state index contributed by atoms with van der Waals surface area (Å²) in [6.45, 7) is 4.10. The fourth-order valence-electron chi connectivity index (χ4n) is 1.92. The van der Waals surface area contributed by atoms with E-state index in [2.05, 4.69) is 10.3 Å². The van der Waals surface area contributed by atoms with Crippen LogP contribution in [-0.2, 0) is 11.2 Å². The highest BCUT2D eigenvalue weighted by Crippen LogP contribution is 2.20. The Kier molecular flexibility index (Phi) is 5.72. The van der Waals surface area contributed by atoms with Gasteiger partial charge in [0.2, 0.25) is 5.91 Å². The summed E-state index contributed by atoms with van der Waals surface area (Å²) in [7, 11) is 0. The highest BCUT2D eigenvalue weighted by atomic mass is 16.4. The zero-order chi connectivity index (χ0) is 15.9. The Balaban J connectivity index is 1.80. The Bertz CT molecular complexity index is 593. The van der Waals surface area contributed by atoms with Crippen molar-refractivity contribution in [3.05, 3.63) is 42.4 Å². The molecule has 1 atom stereocenters. The molecule has 2 N–H and O–H groups in total. The third-order valence-corrected chi connectivity index (χ3v) is 3.46. The smallest absolute Gasteiger partial charge is 0.220 e. The molecule has 1 aromatic heterocycles. The van der Waals surface area contributed by atoms with E-state index in [1.165, 1.54) is 0 Å². The van der Waals surface area contributed by atoms with Crippen molar-refractivity contribution in [3.63, 3.8) is 0 Å². The minimum Gasteiger partial charge on any atom is -0.441 e. The number of oxazole rings is 1. The van der Waals surface area contributed by atoms with Crippen molar-refractivity contribution in [2.24, 2.45) is 5.92 Å². The molecule has 1 aromatic carbocycles. The fourth-order valence-corrected chi connectivity index (χ4v) is 1.92. The Morgan fingerprint density at radius 3 is 2.73 bits per heavy atom. The minimum atomic E-state index is -0.518. The summed E-state index contributed by atoms with van der Waals surface area (Å²) in [6, 6.07) is 9.71. The van der Waals surface area contributed by atoms with E-state index in [0.717, 1.165) is 5.56 Å². The second-order valence-corrected chi connectivity index (χ2v) is 5.60. The number of nitrogens with one attached hydrogen (secondary N) is 1. The van der Waals surface area contributed by atoms with Gasteiger partial charge in [0.1, 0.15) is 0 Å². The number of aromatic nitrogens is 1. The quantitative estimate of drug-likeness (QED) is 0.823. The predicted molar refractivity (Wildman–Crippen MR) is 84.1 cm³/mol. The SMILES string of the molecule is CC(C)C(O)CNC(=O)CCc1ncc(-c2ccccc2)o1. The fraction of sp³-hybridized carbons (Fsp3) is 0.412. The molecule has 1 unspecified atom stereocenters. The van der Waals surface area contributed by atoms with E-state index in [9.17, 15) is 9.90 Å². The van der Waals surface area contributed by atoms with Gasteiger partial charge in [-0.25, -0.2) is 4.98 Å². The van der Waals surface area contributed by atoms with Crippen LogP contribution in [0.15, 0.2) is 40.9 Å². The van der Waals surface area contributed by atoms with Crippen molar-refractivity contribution in [2.75, 3.05) is 6.54 Å². The standard InChI is InChI=1S/C17H22N2O3/c1-12(2)14(20)10-18-16(21)8-9-17-19-11-15(22-17)13-6-4-3-5-7-13/h3-7,11-12,14,20H,8-10H2,1-2H3,(H,18,21). The van der Waals surface area contributed by atoms with Crippen molar-refractivity contribution < 1.29 is 14.3 Å². The van der Waals surface area contributed by atoms with Gasteiger partial charge in [-0.05, 0) is 5.92 Å². The van der Waals surface area contributed by atoms with Crippen molar-refractivity contribution in [1.82, 2.24) is 10.3 Å². The predicted octanol–water partition coefficient (Wildman–Crippen LogP) is 2.41. The van der Waals surface area contributed by atoms with Gasteiger partial charge in [-0.15, -0.1) is 0 Å². The summed E-state index contributed by atoms with van der Waals surface area (Å²) in [4.78, 5) is 15.9. The minimum absolute atomic E-state index is 0.112. The van der Waals surface area contributed by atoms with Crippen LogP contribution in [0.2, 0.25) is 0 Å². The number of nitrogens with zero attached hydrogens (tertiary/aromatic N) is 1. The van der Waals surface area contributed by atoms with Gasteiger partial charge < -0.3 is 14.8 Å². The average molecular weight is 302 g/mol. The average Bonchev–Trinajstić information content (AvgIpc) is 3.00. The molecule has 1 amide bonds. The van der Waals surface area contributed by atoms with Gasteiger partial charge in [0.15, 0.2) is 11.7 Å². The molecule has 0 aliphatic rings. The van der Waals surface area contributed by atoms with Gasteiger partial charge in [0.05, 0.1) is 12.3 Å². The molecule has 0 saturated heterocycles. The number of aliphatic hydroxyl groups excluding tert-OH is 1. The summed E-state index contributed by atoms with van der Waals surface area (Å²) in [5.74, 6) is 1.25. The summed E-state index contributed by atoms with van der Waals surface area (Å²) in [6.07, 6.45) is 1.89. The third-order valence-electron chi connectivity index (χ3n) is 3.46. The van der Waals surface area contributed by atoms with E-state index >= 15 is 0 Å². The number of rotatable bonds is 7. The maximum absolute atomic E-state index is 11.7. The maximum Gasteiger partial charge on any atom is 0.220 e. The molecular formula is C17H22N2O3. The monoisotopic (exact) mass is 302 g/mol. The van der Waals surface area contributed by atoms with Gasteiger partial charge >= 0.3 is 0 Å². The van der Waals surface area contributed by atoms with E-state index in [0.29, 0.717) is 24.5 Å². The normalized spacial score (nSPS) is 12.4. The molecule has 0 saturated carbocycles. The highest BCUT2D eigenvalue weighted by molar-refractivity contribution is 5.76. The van der Waals surface area contributed by atoms with Crippen molar-refractivity contribution >= 4 is 5.91 Å².